The molecule has 2 aromatic carbocycles. The Morgan fingerprint density at radius 2 is 1.81 bits per heavy atom. The fraction of sp³-hybridized carbons (Fsp3) is 0.375. The number of sulfone groups is 1. The Balaban J connectivity index is 1.53. The van der Waals surface area contributed by atoms with Gasteiger partial charge in [0.2, 0.25) is 5.91 Å². The fourth-order valence-electron chi connectivity index (χ4n) is 4.20. The molecule has 0 aliphatic carbocycles. The summed E-state index contributed by atoms with van der Waals surface area (Å²) in [7, 11) is -1.43. The van der Waals surface area contributed by atoms with E-state index in [1.165, 1.54) is 4.90 Å². The molecule has 168 valence electrons. The molecule has 0 saturated carbocycles. The smallest absolute Gasteiger partial charge is 0.272 e. The second-order valence-corrected chi connectivity index (χ2v) is 10.5. The van der Waals surface area contributed by atoms with Crippen LogP contribution >= 0.6 is 0 Å². The zero-order valence-corrected chi connectivity index (χ0v) is 18.9. The zero-order valence-electron chi connectivity index (χ0n) is 18.1. The molecule has 1 fully saturated rings. The number of benzene rings is 2. The van der Waals surface area contributed by atoms with E-state index < -0.39 is 9.84 Å². The second kappa shape index (κ2) is 9.24. The van der Waals surface area contributed by atoms with Gasteiger partial charge >= 0.3 is 0 Å². The predicted molar refractivity (Wildman–Crippen MR) is 124 cm³/mol. The van der Waals surface area contributed by atoms with Gasteiger partial charge in [-0.1, -0.05) is 42.5 Å². The number of hydrogen-bond acceptors (Lipinski definition) is 5. The molecule has 0 unspecified atom stereocenters. The summed E-state index contributed by atoms with van der Waals surface area (Å²) in [6, 6.07) is 17.2. The third-order valence-corrected chi connectivity index (χ3v) is 7.86. The lowest BCUT2D eigenvalue weighted by atomic mass is 10.1. The number of carbonyl (C=O) groups is 1. The van der Waals surface area contributed by atoms with E-state index in [1.807, 2.05) is 54.6 Å². The van der Waals surface area contributed by atoms with Crippen molar-refractivity contribution in [2.45, 2.75) is 38.3 Å². The van der Waals surface area contributed by atoms with E-state index >= 15 is 0 Å². The molecule has 1 aliphatic rings. The number of aryl methyl sites for hydroxylation is 3. The number of para-hydroxylation sites is 2. The normalized spacial score (nSPS) is 17.5. The number of nitrogens with zero attached hydrogens (tertiary/aromatic N) is 3. The van der Waals surface area contributed by atoms with Crippen LogP contribution < -0.4 is 5.56 Å². The van der Waals surface area contributed by atoms with Crippen LogP contribution in [0, 0.1) is 0 Å². The molecule has 8 heteroatoms. The van der Waals surface area contributed by atoms with Gasteiger partial charge in [0.1, 0.15) is 5.69 Å². The van der Waals surface area contributed by atoms with Crippen LogP contribution in [-0.4, -0.2) is 53.4 Å². The molecule has 1 aliphatic heterocycles. The third kappa shape index (κ3) is 4.91. The van der Waals surface area contributed by atoms with E-state index in [0.717, 1.165) is 16.6 Å². The SMILES string of the molecule is CN(C(=O)CCc1nc2ccccc2n(CCc2ccccc2)c1=O)[C@@H]1CCS(=O)(=O)C1. The Bertz CT molecular complexity index is 1290. The van der Waals surface area contributed by atoms with Crippen LogP contribution in [0.4, 0.5) is 0 Å². The Morgan fingerprint density at radius 1 is 1.09 bits per heavy atom. The first kappa shape index (κ1) is 22.2. The highest BCUT2D eigenvalue weighted by atomic mass is 32.2. The molecular weight excluding hydrogens is 426 g/mol. The first-order chi connectivity index (χ1) is 15.3. The van der Waals surface area contributed by atoms with Gasteiger partial charge in [-0.25, -0.2) is 13.4 Å². The molecule has 0 radical (unpaired) electrons. The number of carbonyl (C=O) groups excluding carboxylic acids is 1. The minimum absolute atomic E-state index is 0.00968. The molecule has 32 heavy (non-hydrogen) atoms. The summed E-state index contributed by atoms with van der Waals surface area (Å²) in [5.41, 5.74) is 2.82. The van der Waals surface area contributed by atoms with E-state index in [4.69, 9.17) is 0 Å². The molecule has 3 aromatic rings. The van der Waals surface area contributed by atoms with E-state index in [9.17, 15) is 18.0 Å². The first-order valence-corrected chi connectivity index (χ1v) is 12.6. The maximum Gasteiger partial charge on any atom is 0.272 e. The Kier molecular flexibility index (Phi) is 6.41. The number of aromatic nitrogens is 2. The van der Waals surface area contributed by atoms with Crippen LogP contribution in [0.1, 0.15) is 24.1 Å². The highest BCUT2D eigenvalue weighted by molar-refractivity contribution is 7.91. The standard InChI is InChI=1S/C24H27N3O4S/c1-26(19-14-16-32(30,31)17-19)23(28)12-11-21-24(29)27(15-13-18-7-3-2-4-8-18)22-10-6-5-9-20(22)25-21/h2-10,19H,11-17H2,1H3/t19-/m1/s1. The average Bonchev–Trinajstić information content (AvgIpc) is 3.16. The highest BCUT2D eigenvalue weighted by Crippen LogP contribution is 2.18. The molecule has 4 rings (SSSR count). The Labute approximate surface area is 187 Å². The van der Waals surface area contributed by atoms with Crippen molar-refractivity contribution in [2.75, 3.05) is 18.6 Å². The first-order valence-electron chi connectivity index (χ1n) is 10.8. The lowest BCUT2D eigenvalue weighted by Crippen LogP contribution is -2.38. The van der Waals surface area contributed by atoms with E-state index in [1.54, 1.807) is 11.6 Å². The van der Waals surface area contributed by atoms with Gasteiger partial charge in [-0.05, 0) is 30.5 Å². The maximum absolute atomic E-state index is 13.2. The zero-order chi connectivity index (χ0) is 22.7. The number of hydrogen-bond donors (Lipinski definition) is 0. The molecule has 0 bridgehead atoms. The van der Waals surface area contributed by atoms with Crippen molar-refractivity contribution in [3.8, 4) is 0 Å². The van der Waals surface area contributed by atoms with Crippen molar-refractivity contribution in [2.24, 2.45) is 0 Å². The van der Waals surface area contributed by atoms with Gasteiger partial charge in [-0.15, -0.1) is 0 Å². The molecule has 0 spiro atoms. The van der Waals surface area contributed by atoms with Crippen molar-refractivity contribution in [1.29, 1.82) is 0 Å². The monoisotopic (exact) mass is 453 g/mol. The molecule has 1 aromatic heterocycles. The van der Waals surface area contributed by atoms with Gasteiger partial charge in [-0.3, -0.25) is 9.59 Å². The average molecular weight is 454 g/mol. The molecule has 2 heterocycles. The van der Waals surface area contributed by atoms with Crippen molar-refractivity contribution in [3.63, 3.8) is 0 Å². The fourth-order valence-corrected chi connectivity index (χ4v) is 5.98. The summed E-state index contributed by atoms with van der Waals surface area (Å²) in [5.74, 6) is -0.0408. The number of rotatable bonds is 7. The minimum atomic E-state index is -3.07. The second-order valence-electron chi connectivity index (χ2n) is 8.30. The Morgan fingerprint density at radius 3 is 2.53 bits per heavy atom. The van der Waals surface area contributed by atoms with Crippen LogP contribution in [0.5, 0.6) is 0 Å². The molecule has 1 atom stereocenters. The minimum Gasteiger partial charge on any atom is -0.342 e. The highest BCUT2D eigenvalue weighted by Gasteiger charge is 2.32. The lowest BCUT2D eigenvalue weighted by Gasteiger charge is -2.23. The number of fused-ring (bicyclic) bond motifs is 1. The van der Waals surface area contributed by atoms with Crippen LogP contribution in [0.25, 0.3) is 11.0 Å². The summed E-state index contributed by atoms with van der Waals surface area (Å²) in [6.45, 7) is 0.520. The molecule has 1 saturated heterocycles. The van der Waals surface area contributed by atoms with Gasteiger partial charge in [0, 0.05) is 32.5 Å². The van der Waals surface area contributed by atoms with Gasteiger partial charge in [0.15, 0.2) is 9.84 Å². The van der Waals surface area contributed by atoms with Gasteiger partial charge in [0.25, 0.3) is 5.56 Å². The molecular formula is C24H27N3O4S. The van der Waals surface area contributed by atoms with Gasteiger partial charge < -0.3 is 9.47 Å². The Hall–Kier alpha value is -3.00. The molecule has 0 N–H and O–H groups in total. The van der Waals surface area contributed by atoms with Crippen molar-refractivity contribution >= 4 is 26.8 Å². The quantitative estimate of drug-likeness (QED) is 0.547. The van der Waals surface area contributed by atoms with Crippen molar-refractivity contribution in [1.82, 2.24) is 14.5 Å². The van der Waals surface area contributed by atoms with Crippen LogP contribution in [0.15, 0.2) is 59.4 Å². The summed E-state index contributed by atoms with van der Waals surface area (Å²) in [6.07, 6.45) is 1.51. The summed E-state index contributed by atoms with van der Waals surface area (Å²) in [4.78, 5) is 32.0. The lowest BCUT2D eigenvalue weighted by molar-refractivity contribution is -0.131. The van der Waals surface area contributed by atoms with Gasteiger partial charge in [0.05, 0.1) is 22.5 Å². The molecule has 1 amide bonds. The van der Waals surface area contributed by atoms with Crippen molar-refractivity contribution < 1.29 is 13.2 Å². The van der Waals surface area contributed by atoms with Crippen LogP contribution in [-0.2, 0) is 34.0 Å². The third-order valence-electron chi connectivity index (χ3n) is 6.11. The van der Waals surface area contributed by atoms with Crippen molar-refractivity contribution in [3.05, 3.63) is 76.2 Å². The largest absolute Gasteiger partial charge is 0.342 e. The van der Waals surface area contributed by atoms with E-state index in [2.05, 4.69) is 4.98 Å². The molecule has 7 nitrogen and oxygen atoms in total. The maximum atomic E-state index is 13.2. The van der Waals surface area contributed by atoms with Crippen LogP contribution in [0.3, 0.4) is 0 Å². The van der Waals surface area contributed by atoms with Gasteiger partial charge in [-0.2, -0.15) is 0 Å². The summed E-state index contributed by atoms with van der Waals surface area (Å²) >= 11 is 0. The topological polar surface area (TPSA) is 89.3 Å². The number of amides is 1. The summed E-state index contributed by atoms with van der Waals surface area (Å²) < 4.78 is 25.2. The summed E-state index contributed by atoms with van der Waals surface area (Å²) in [5, 5.41) is 0. The van der Waals surface area contributed by atoms with E-state index in [-0.39, 0.29) is 41.9 Å². The van der Waals surface area contributed by atoms with Crippen LogP contribution in [0.2, 0.25) is 0 Å². The van der Waals surface area contributed by atoms with E-state index in [0.29, 0.717) is 25.1 Å². The predicted octanol–water partition coefficient (Wildman–Crippen LogP) is 2.22.